The van der Waals surface area contributed by atoms with Crippen molar-refractivity contribution in [1.82, 2.24) is 0 Å². The quantitative estimate of drug-likeness (QED) is 0.327. The Morgan fingerprint density at radius 2 is 1.56 bits per heavy atom. The number of rotatable bonds is 3. The number of ether oxygens (including phenoxy) is 2. The van der Waals surface area contributed by atoms with Gasteiger partial charge < -0.3 is 19.7 Å². The van der Waals surface area contributed by atoms with E-state index >= 15 is 0 Å². The van der Waals surface area contributed by atoms with E-state index < -0.39 is 5.60 Å². The smallest absolute Gasteiger partial charge is 0.340 e. The first kappa shape index (κ1) is 21.1. The zero-order valence-electron chi connectivity index (χ0n) is 20.1. The average Bonchev–Trinajstić information content (AvgIpc) is 3.53. The fourth-order valence-electron chi connectivity index (χ4n) is 5.76. The highest BCUT2D eigenvalue weighted by Gasteiger charge is 2.53. The van der Waals surface area contributed by atoms with E-state index in [0.717, 1.165) is 46.7 Å². The first-order valence-corrected chi connectivity index (χ1v) is 12.5. The van der Waals surface area contributed by atoms with Crippen LogP contribution in [0.25, 0.3) is 0 Å². The summed E-state index contributed by atoms with van der Waals surface area (Å²) in [5, 5.41) is 3.51. The van der Waals surface area contributed by atoms with E-state index in [1.807, 2.05) is 61.5 Å². The molecule has 1 unspecified atom stereocenters. The molecule has 1 fully saturated rings. The molecule has 1 atom stereocenters. The van der Waals surface area contributed by atoms with Crippen molar-refractivity contribution in [2.75, 3.05) is 23.3 Å². The van der Waals surface area contributed by atoms with E-state index in [1.165, 1.54) is 18.5 Å². The average molecular weight is 475 g/mol. The third kappa shape index (κ3) is 3.12. The number of aryl methyl sites for hydroxylation is 1. The monoisotopic (exact) mass is 474 g/mol. The molecule has 4 aromatic carbocycles. The summed E-state index contributed by atoms with van der Waals surface area (Å²) in [6.45, 7) is 4.30. The van der Waals surface area contributed by atoms with E-state index in [-0.39, 0.29) is 5.97 Å². The maximum absolute atomic E-state index is 13.0. The van der Waals surface area contributed by atoms with Gasteiger partial charge in [0, 0.05) is 52.9 Å². The van der Waals surface area contributed by atoms with Crippen molar-refractivity contribution in [3.05, 3.63) is 113 Å². The van der Waals surface area contributed by atoms with Gasteiger partial charge >= 0.3 is 5.97 Å². The number of nitrogens with zero attached hydrogens (tertiary/aromatic N) is 1. The van der Waals surface area contributed by atoms with Crippen LogP contribution in [0.1, 0.15) is 45.5 Å². The molecule has 3 heterocycles. The minimum atomic E-state index is -1.03. The molecule has 5 heteroatoms. The molecule has 1 saturated heterocycles. The van der Waals surface area contributed by atoms with Crippen molar-refractivity contribution in [3.63, 3.8) is 0 Å². The minimum absolute atomic E-state index is 0.314. The van der Waals surface area contributed by atoms with Crippen LogP contribution in [0.4, 0.5) is 17.1 Å². The summed E-state index contributed by atoms with van der Waals surface area (Å²) in [7, 11) is 0. The summed E-state index contributed by atoms with van der Waals surface area (Å²) in [5.74, 6) is 1.06. The number of hydrogen-bond acceptors (Lipinski definition) is 5. The normalized spacial score (nSPS) is 19.4. The minimum Gasteiger partial charge on any atom is -0.456 e. The first-order chi connectivity index (χ1) is 17.6. The standard InChI is InChI=1S/C31H26N2O3/c1-20-8-15-28-27(18-20)31(25-7-3-2-6-24(25)30(34)36-31)26-14-11-22(19-29(26)35-28)32-21-9-12-23(13-10-21)33-16-4-5-17-33/h2-3,6-15,18-19,32H,4-5,16-17H2,1H3. The number of carbonyl (C=O) groups is 1. The maximum atomic E-state index is 13.0. The molecule has 0 amide bonds. The van der Waals surface area contributed by atoms with Crippen molar-refractivity contribution in [2.45, 2.75) is 25.4 Å². The van der Waals surface area contributed by atoms with Gasteiger partial charge in [0.1, 0.15) is 11.5 Å². The molecular formula is C31H26N2O3. The zero-order chi connectivity index (χ0) is 24.3. The highest BCUT2D eigenvalue weighted by molar-refractivity contribution is 5.97. The van der Waals surface area contributed by atoms with Gasteiger partial charge in [0.05, 0.1) is 5.56 Å². The fraction of sp³-hybridized carbons (Fsp3) is 0.194. The fourth-order valence-corrected chi connectivity index (χ4v) is 5.76. The summed E-state index contributed by atoms with van der Waals surface area (Å²) in [6.07, 6.45) is 2.53. The summed E-state index contributed by atoms with van der Waals surface area (Å²) in [4.78, 5) is 15.4. The predicted molar refractivity (Wildman–Crippen MR) is 141 cm³/mol. The van der Waals surface area contributed by atoms with E-state index in [1.54, 1.807) is 0 Å². The molecular weight excluding hydrogens is 448 g/mol. The number of fused-ring (bicyclic) bond motifs is 6. The largest absolute Gasteiger partial charge is 0.456 e. The van der Waals surface area contributed by atoms with E-state index in [9.17, 15) is 4.79 Å². The lowest BCUT2D eigenvalue weighted by molar-refractivity contribution is 0.0224. The Hall–Kier alpha value is -4.25. The van der Waals surface area contributed by atoms with Gasteiger partial charge in [-0.05, 0) is 74.4 Å². The lowest BCUT2D eigenvalue weighted by Gasteiger charge is -2.37. The summed E-state index contributed by atoms with van der Waals surface area (Å²) in [5.41, 5.74) is 6.36. The molecule has 7 rings (SSSR count). The lowest BCUT2D eigenvalue weighted by atomic mass is 9.77. The van der Waals surface area contributed by atoms with Gasteiger partial charge in [0.2, 0.25) is 0 Å². The van der Waals surface area contributed by atoms with Crippen molar-refractivity contribution >= 4 is 23.0 Å². The van der Waals surface area contributed by atoms with E-state index in [0.29, 0.717) is 17.1 Å². The molecule has 36 heavy (non-hydrogen) atoms. The third-order valence-corrected chi connectivity index (χ3v) is 7.49. The second-order valence-electron chi connectivity index (χ2n) is 9.79. The molecule has 178 valence electrons. The third-order valence-electron chi connectivity index (χ3n) is 7.49. The second-order valence-corrected chi connectivity index (χ2v) is 9.79. The Bertz CT molecular complexity index is 1510. The van der Waals surface area contributed by atoms with Gasteiger partial charge in [-0.1, -0.05) is 29.8 Å². The van der Waals surface area contributed by atoms with Crippen molar-refractivity contribution in [1.29, 1.82) is 0 Å². The Morgan fingerprint density at radius 1 is 0.778 bits per heavy atom. The number of benzene rings is 4. The number of anilines is 3. The van der Waals surface area contributed by atoms with Crippen LogP contribution in [-0.2, 0) is 10.3 Å². The van der Waals surface area contributed by atoms with Crippen molar-refractivity contribution < 1.29 is 14.3 Å². The molecule has 3 aliphatic heterocycles. The number of esters is 1. The molecule has 0 bridgehead atoms. The zero-order valence-corrected chi connectivity index (χ0v) is 20.1. The highest BCUT2D eigenvalue weighted by atomic mass is 16.6. The first-order valence-electron chi connectivity index (χ1n) is 12.5. The van der Waals surface area contributed by atoms with Gasteiger partial charge in [0.25, 0.3) is 0 Å². The van der Waals surface area contributed by atoms with Crippen molar-refractivity contribution in [2.24, 2.45) is 0 Å². The number of nitrogens with one attached hydrogen (secondary N) is 1. The Balaban J connectivity index is 1.29. The van der Waals surface area contributed by atoms with Crippen LogP contribution in [0.3, 0.4) is 0 Å². The molecule has 5 nitrogen and oxygen atoms in total. The number of hydrogen-bond donors (Lipinski definition) is 1. The Kier molecular flexibility index (Phi) is 4.61. The van der Waals surface area contributed by atoms with Gasteiger partial charge in [0.15, 0.2) is 5.60 Å². The maximum Gasteiger partial charge on any atom is 0.340 e. The van der Waals surface area contributed by atoms with Crippen LogP contribution < -0.4 is 15.0 Å². The molecule has 1 N–H and O–H groups in total. The second kappa shape index (κ2) is 7.89. The van der Waals surface area contributed by atoms with Gasteiger partial charge in [-0.25, -0.2) is 4.79 Å². The van der Waals surface area contributed by atoms with Crippen LogP contribution in [0, 0.1) is 6.92 Å². The van der Waals surface area contributed by atoms with E-state index in [2.05, 4.69) is 40.5 Å². The molecule has 0 aliphatic carbocycles. The molecule has 4 aromatic rings. The predicted octanol–water partition coefficient (Wildman–Crippen LogP) is 6.91. The summed E-state index contributed by atoms with van der Waals surface area (Å²) < 4.78 is 12.6. The Morgan fingerprint density at radius 3 is 2.39 bits per heavy atom. The molecule has 3 aliphatic rings. The Labute approximate surface area is 210 Å². The molecule has 0 aromatic heterocycles. The summed E-state index contributed by atoms with van der Waals surface area (Å²) >= 11 is 0. The van der Waals surface area contributed by atoms with E-state index in [4.69, 9.17) is 9.47 Å². The molecule has 0 saturated carbocycles. The number of carbonyl (C=O) groups excluding carboxylic acids is 1. The van der Waals surface area contributed by atoms with Crippen LogP contribution in [0.15, 0.2) is 84.9 Å². The highest BCUT2D eigenvalue weighted by Crippen LogP contribution is 2.56. The van der Waals surface area contributed by atoms with Gasteiger partial charge in [-0.3, -0.25) is 0 Å². The molecule has 1 spiro atoms. The van der Waals surface area contributed by atoms with Crippen molar-refractivity contribution in [3.8, 4) is 11.5 Å². The van der Waals surface area contributed by atoms with Gasteiger partial charge in [-0.15, -0.1) is 0 Å². The summed E-state index contributed by atoms with van der Waals surface area (Å²) in [6, 6.07) is 28.3. The van der Waals surface area contributed by atoms with Crippen LogP contribution in [0.2, 0.25) is 0 Å². The van der Waals surface area contributed by atoms with Gasteiger partial charge in [-0.2, -0.15) is 0 Å². The van der Waals surface area contributed by atoms with Crippen LogP contribution in [-0.4, -0.2) is 19.1 Å². The molecule has 0 radical (unpaired) electrons. The van der Waals surface area contributed by atoms with Crippen LogP contribution >= 0.6 is 0 Å². The SMILES string of the molecule is Cc1ccc2c(c1)C1(OC(=O)c3ccccc31)c1ccc(Nc3ccc(N4CCCC4)cc3)cc1O2. The lowest BCUT2D eigenvalue weighted by Crippen LogP contribution is -2.33. The topological polar surface area (TPSA) is 50.8 Å². The van der Waals surface area contributed by atoms with Crippen LogP contribution in [0.5, 0.6) is 11.5 Å².